The van der Waals surface area contributed by atoms with Crippen molar-refractivity contribution < 1.29 is 33.2 Å². The van der Waals surface area contributed by atoms with Gasteiger partial charge in [0.15, 0.2) is 25.1 Å². The standard InChI is InChI=1S/C42H82O7/c1-9-17-21-23-25-29-33-39(41(46-15-7)37(44-13-5)31-27-19-11-3)48-35-43-36-49-40(34-30-26-24-22-18-10-2)42(47-16-8)38(45-14-6)32-28-20-12-4/h39-40H,9-36H2,1-8H3. The van der Waals surface area contributed by atoms with Crippen LogP contribution >= 0.6 is 0 Å². The van der Waals surface area contributed by atoms with Gasteiger partial charge in [0.2, 0.25) is 0 Å². The largest absolute Gasteiger partial charge is 0.495 e. The highest BCUT2D eigenvalue weighted by Gasteiger charge is 2.24. The van der Waals surface area contributed by atoms with Crippen molar-refractivity contribution >= 4 is 0 Å². The van der Waals surface area contributed by atoms with E-state index in [0.29, 0.717) is 26.4 Å². The molecule has 0 heterocycles. The Kier molecular flexibility index (Phi) is 35.3. The van der Waals surface area contributed by atoms with Crippen LogP contribution in [0.2, 0.25) is 0 Å². The normalized spacial score (nSPS) is 13.9. The van der Waals surface area contributed by atoms with Gasteiger partial charge in [0.1, 0.15) is 23.7 Å². The second kappa shape index (κ2) is 36.4. The minimum Gasteiger partial charge on any atom is -0.495 e. The topological polar surface area (TPSA) is 64.6 Å². The summed E-state index contributed by atoms with van der Waals surface area (Å²) in [5.74, 6) is 3.55. The minimum atomic E-state index is -0.213. The maximum Gasteiger partial charge on any atom is 0.162 e. The van der Waals surface area contributed by atoms with Crippen LogP contribution in [0.25, 0.3) is 0 Å². The molecule has 0 saturated carbocycles. The molecule has 0 bridgehead atoms. The lowest BCUT2D eigenvalue weighted by Gasteiger charge is -2.26. The fourth-order valence-corrected chi connectivity index (χ4v) is 6.06. The van der Waals surface area contributed by atoms with Crippen molar-refractivity contribution in [3.63, 3.8) is 0 Å². The van der Waals surface area contributed by atoms with Gasteiger partial charge in [-0.2, -0.15) is 0 Å². The smallest absolute Gasteiger partial charge is 0.162 e. The van der Waals surface area contributed by atoms with Crippen molar-refractivity contribution in [1.29, 1.82) is 0 Å². The lowest BCUT2D eigenvalue weighted by molar-refractivity contribution is -0.167. The quantitative estimate of drug-likeness (QED) is 0.0361. The predicted molar refractivity (Wildman–Crippen MR) is 205 cm³/mol. The highest BCUT2D eigenvalue weighted by molar-refractivity contribution is 5.09. The second-order valence-electron chi connectivity index (χ2n) is 13.1. The van der Waals surface area contributed by atoms with Gasteiger partial charge in [-0.05, 0) is 53.4 Å². The van der Waals surface area contributed by atoms with E-state index in [4.69, 9.17) is 33.2 Å². The molecule has 0 amide bonds. The van der Waals surface area contributed by atoms with E-state index in [-0.39, 0.29) is 25.8 Å². The van der Waals surface area contributed by atoms with E-state index in [1.807, 2.05) is 27.7 Å². The number of ether oxygens (including phenoxy) is 7. The van der Waals surface area contributed by atoms with Gasteiger partial charge >= 0.3 is 0 Å². The number of unbranched alkanes of at least 4 members (excludes halogenated alkanes) is 14. The Morgan fingerprint density at radius 1 is 0.367 bits per heavy atom. The lowest BCUT2D eigenvalue weighted by atomic mass is 10.0. The third-order valence-corrected chi connectivity index (χ3v) is 8.73. The van der Waals surface area contributed by atoms with Gasteiger partial charge in [-0.25, -0.2) is 0 Å². The summed E-state index contributed by atoms with van der Waals surface area (Å²) in [6.07, 6.45) is 24.6. The van der Waals surface area contributed by atoms with Crippen LogP contribution in [0.4, 0.5) is 0 Å². The van der Waals surface area contributed by atoms with E-state index >= 15 is 0 Å². The molecule has 49 heavy (non-hydrogen) atoms. The summed E-state index contributed by atoms with van der Waals surface area (Å²) < 4.78 is 43.9. The van der Waals surface area contributed by atoms with Crippen LogP contribution in [0.5, 0.6) is 0 Å². The van der Waals surface area contributed by atoms with E-state index in [9.17, 15) is 0 Å². The fraction of sp³-hybridized carbons (Fsp3) is 0.905. The Labute approximate surface area is 304 Å². The van der Waals surface area contributed by atoms with Crippen LogP contribution in [0.1, 0.15) is 197 Å². The monoisotopic (exact) mass is 699 g/mol. The van der Waals surface area contributed by atoms with Gasteiger partial charge in [-0.15, -0.1) is 0 Å². The molecular formula is C42H82O7. The van der Waals surface area contributed by atoms with Crippen LogP contribution in [-0.4, -0.2) is 52.2 Å². The lowest BCUT2D eigenvalue weighted by Crippen LogP contribution is -2.25. The van der Waals surface area contributed by atoms with Gasteiger partial charge in [-0.1, -0.05) is 130 Å². The van der Waals surface area contributed by atoms with Crippen LogP contribution in [0.15, 0.2) is 23.0 Å². The maximum absolute atomic E-state index is 6.46. The molecular weight excluding hydrogens is 616 g/mol. The van der Waals surface area contributed by atoms with E-state index < -0.39 is 0 Å². The molecule has 2 atom stereocenters. The van der Waals surface area contributed by atoms with Crippen LogP contribution < -0.4 is 0 Å². The SMILES string of the molecule is CCCCCCCCC(OCOCOC(CCCCCCCC)C(OCC)=C(CCCCC)OCC)C(OCC)=C(CCCCC)OCC. The minimum absolute atomic E-state index is 0.123. The molecule has 0 fully saturated rings. The predicted octanol–water partition coefficient (Wildman–Crippen LogP) is 12.9. The van der Waals surface area contributed by atoms with Gasteiger partial charge < -0.3 is 33.2 Å². The van der Waals surface area contributed by atoms with Crippen molar-refractivity contribution in [1.82, 2.24) is 0 Å². The number of allylic oxidation sites excluding steroid dienone is 2. The van der Waals surface area contributed by atoms with Crippen molar-refractivity contribution in [2.45, 2.75) is 209 Å². The van der Waals surface area contributed by atoms with Gasteiger partial charge in [-0.3, -0.25) is 0 Å². The molecule has 7 heteroatoms. The third kappa shape index (κ3) is 25.2. The van der Waals surface area contributed by atoms with E-state index in [0.717, 1.165) is 74.4 Å². The number of hydrogen-bond acceptors (Lipinski definition) is 7. The summed E-state index contributed by atoms with van der Waals surface area (Å²) in [6, 6.07) is 0. The van der Waals surface area contributed by atoms with E-state index in [1.165, 1.54) is 89.9 Å². The zero-order valence-corrected chi connectivity index (χ0v) is 33.8. The molecule has 7 nitrogen and oxygen atoms in total. The van der Waals surface area contributed by atoms with Gasteiger partial charge in [0.05, 0.1) is 26.4 Å². The molecule has 0 N–H and O–H groups in total. The van der Waals surface area contributed by atoms with Crippen LogP contribution in [0.3, 0.4) is 0 Å². The fourth-order valence-electron chi connectivity index (χ4n) is 6.06. The Balaban J connectivity index is 5.81. The molecule has 2 unspecified atom stereocenters. The first-order valence-corrected chi connectivity index (χ1v) is 20.9. The number of hydrogen-bond donors (Lipinski definition) is 0. The first-order chi connectivity index (χ1) is 24.1. The Morgan fingerprint density at radius 2 is 0.694 bits per heavy atom. The van der Waals surface area contributed by atoms with Crippen LogP contribution in [-0.2, 0) is 33.2 Å². The van der Waals surface area contributed by atoms with E-state index in [1.54, 1.807) is 0 Å². The molecule has 0 aliphatic rings. The van der Waals surface area contributed by atoms with Crippen molar-refractivity contribution in [2.24, 2.45) is 0 Å². The molecule has 0 aromatic carbocycles. The zero-order valence-electron chi connectivity index (χ0n) is 33.8. The van der Waals surface area contributed by atoms with E-state index in [2.05, 4.69) is 27.7 Å². The first kappa shape index (κ1) is 47.6. The Morgan fingerprint density at radius 3 is 1.04 bits per heavy atom. The first-order valence-electron chi connectivity index (χ1n) is 20.9. The summed E-state index contributed by atoms with van der Waals surface area (Å²) in [5.41, 5.74) is 0. The molecule has 0 aromatic heterocycles. The molecule has 0 saturated heterocycles. The molecule has 0 radical (unpaired) electrons. The maximum atomic E-state index is 6.46. The van der Waals surface area contributed by atoms with Crippen molar-refractivity contribution in [2.75, 3.05) is 40.0 Å². The second-order valence-corrected chi connectivity index (χ2v) is 13.1. The number of rotatable bonds is 38. The zero-order chi connectivity index (χ0) is 36.2. The summed E-state index contributed by atoms with van der Waals surface area (Å²) in [5, 5.41) is 0. The summed E-state index contributed by atoms with van der Waals surface area (Å²) in [6.45, 7) is 19.8. The molecule has 292 valence electrons. The Bertz CT molecular complexity index is 704. The average Bonchev–Trinajstić information content (AvgIpc) is 3.10. The summed E-state index contributed by atoms with van der Waals surface area (Å²) >= 11 is 0. The third-order valence-electron chi connectivity index (χ3n) is 8.73. The summed E-state index contributed by atoms with van der Waals surface area (Å²) in [7, 11) is 0. The van der Waals surface area contributed by atoms with Crippen LogP contribution in [0, 0.1) is 0 Å². The molecule has 0 rings (SSSR count). The van der Waals surface area contributed by atoms with Crippen molar-refractivity contribution in [3.05, 3.63) is 23.0 Å². The molecule has 0 spiro atoms. The molecule has 0 aliphatic carbocycles. The molecule has 0 aromatic rings. The molecule has 0 aliphatic heterocycles. The Hall–Kier alpha value is -1.44. The average molecular weight is 699 g/mol. The summed E-state index contributed by atoms with van der Waals surface area (Å²) in [4.78, 5) is 0. The highest BCUT2D eigenvalue weighted by Crippen LogP contribution is 2.27. The van der Waals surface area contributed by atoms with Gasteiger partial charge in [0, 0.05) is 12.8 Å². The highest BCUT2D eigenvalue weighted by atomic mass is 16.7. The van der Waals surface area contributed by atoms with Gasteiger partial charge in [0.25, 0.3) is 0 Å². The van der Waals surface area contributed by atoms with Crippen molar-refractivity contribution in [3.8, 4) is 0 Å².